The monoisotopic (exact) mass is 404 g/mol. The van der Waals surface area contributed by atoms with E-state index in [-0.39, 0.29) is 35.8 Å². The Labute approximate surface area is 165 Å². The Hall–Kier alpha value is -2.25. The summed E-state index contributed by atoms with van der Waals surface area (Å²) in [5.41, 5.74) is 1.89. The van der Waals surface area contributed by atoms with E-state index in [1.165, 1.54) is 12.1 Å². The van der Waals surface area contributed by atoms with Crippen LogP contribution in [-0.2, 0) is 27.7 Å². The van der Waals surface area contributed by atoms with Gasteiger partial charge < -0.3 is 4.90 Å². The molecule has 1 aliphatic rings. The molecule has 0 aromatic heterocycles. The number of benzene rings is 2. The van der Waals surface area contributed by atoms with Crippen LogP contribution < -0.4 is 0 Å². The number of amides is 1. The number of rotatable bonds is 7. The van der Waals surface area contributed by atoms with Gasteiger partial charge in [0, 0.05) is 19.1 Å². The number of carbonyl (C=O) groups excluding carboxylic acids is 1. The molecule has 2 aromatic carbocycles. The van der Waals surface area contributed by atoms with Crippen LogP contribution in [0.25, 0.3) is 0 Å². The molecule has 1 fully saturated rings. The Bertz CT molecular complexity index is 901. The van der Waals surface area contributed by atoms with Crippen LogP contribution >= 0.6 is 0 Å². The van der Waals surface area contributed by atoms with E-state index in [4.69, 9.17) is 0 Å². The Kier molecular flexibility index (Phi) is 6.46. The molecule has 2 aromatic rings. The predicted octanol–water partition coefficient (Wildman–Crippen LogP) is 2.47. The molecule has 0 spiro atoms. The maximum absolute atomic E-state index is 13.1. The van der Waals surface area contributed by atoms with Gasteiger partial charge in [0.2, 0.25) is 5.91 Å². The lowest BCUT2D eigenvalue weighted by molar-refractivity contribution is -0.134. The van der Waals surface area contributed by atoms with Gasteiger partial charge in [-0.2, -0.15) is 0 Å². The number of carbonyl (C=O) groups is 1. The highest BCUT2D eigenvalue weighted by Gasteiger charge is 2.34. The summed E-state index contributed by atoms with van der Waals surface area (Å²) in [6, 6.07) is 15.5. The molecule has 28 heavy (non-hydrogen) atoms. The molecule has 0 radical (unpaired) electrons. The van der Waals surface area contributed by atoms with Crippen molar-refractivity contribution in [2.45, 2.75) is 25.6 Å². The number of sulfone groups is 1. The van der Waals surface area contributed by atoms with Crippen molar-refractivity contribution in [1.29, 1.82) is 0 Å². The highest BCUT2D eigenvalue weighted by atomic mass is 32.2. The van der Waals surface area contributed by atoms with Gasteiger partial charge in [-0.25, -0.2) is 12.8 Å². The van der Waals surface area contributed by atoms with E-state index >= 15 is 0 Å². The zero-order valence-electron chi connectivity index (χ0n) is 15.9. The second-order valence-corrected chi connectivity index (χ2v) is 9.59. The lowest BCUT2D eigenvalue weighted by Crippen LogP contribution is -2.45. The molecule has 1 aliphatic heterocycles. The molecule has 150 valence electrons. The molecule has 0 N–H and O–H groups in total. The molecule has 1 saturated heterocycles. The van der Waals surface area contributed by atoms with Gasteiger partial charge in [0.25, 0.3) is 0 Å². The maximum Gasteiger partial charge on any atom is 0.237 e. The van der Waals surface area contributed by atoms with E-state index in [2.05, 4.69) is 0 Å². The molecular formula is C21H25FN2O3S. The zero-order chi connectivity index (χ0) is 20.1. The second-order valence-electron chi connectivity index (χ2n) is 7.36. The van der Waals surface area contributed by atoms with Gasteiger partial charge in [-0.05, 0) is 36.7 Å². The normalized spacial score (nSPS) is 18.3. The summed E-state index contributed by atoms with van der Waals surface area (Å²) >= 11 is 0. The number of hydrogen-bond donors (Lipinski definition) is 0. The second kappa shape index (κ2) is 8.84. The fourth-order valence-electron chi connectivity index (χ4n) is 3.50. The predicted molar refractivity (Wildman–Crippen MR) is 107 cm³/mol. The molecule has 1 amide bonds. The van der Waals surface area contributed by atoms with Crippen LogP contribution in [0.1, 0.15) is 17.5 Å². The van der Waals surface area contributed by atoms with Crippen LogP contribution in [-0.4, -0.2) is 55.3 Å². The standard InChI is InChI=1S/C21H25FN2O3S/c1-23(13-18-7-9-19(22)10-8-18)15-21(25)24(14-17-5-3-2-4-6-17)20-11-12-28(26,27)16-20/h2-10,20H,11-16H2,1H3/t20-/m0/s1. The molecule has 0 unspecified atom stereocenters. The van der Waals surface area contributed by atoms with Crippen molar-refractivity contribution in [3.05, 3.63) is 71.5 Å². The lowest BCUT2D eigenvalue weighted by Gasteiger charge is -2.30. The summed E-state index contributed by atoms with van der Waals surface area (Å²) in [7, 11) is -1.26. The summed E-state index contributed by atoms with van der Waals surface area (Å²) in [5, 5.41) is 0. The highest BCUT2D eigenvalue weighted by molar-refractivity contribution is 7.91. The smallest absolute Gasteiger partial charge is 0.237 e. The van der Waals surface area contributed by atoms with Crippen molar-refractivity contribution in [2.75, 3.05) is 25.1 Å². The van der Waals surface area contributed by atoms with Gasteiger partial charge in [0.15, 0.2) is 9.84 Å². The molecule has 1 atom stereocenters. The summed E-state index contributed by atoms with van der Waals surface area (Å²) in [5.74, 6) is -0.246. The van der Waals surface area contributed by atoms with Crippen molar-refractivity contribution in [1.82, 2.24) is 9.80 Å². The molecule has 0 aliphatic carbocycles. The Morgan fingerprint density at radius 2 is 1.68 bits per heavy atom. The zero-order valence-corrected chi connectivity index (χ0v) is 16.7. The van der Waals surface area contributed by atoms with Crippen molar-refractivity contribution in [3.63, 3.8) is 0 Å². The fourth-order valence-corrected chi connectivity index (χ4v) is 5.23. The van der Waals surface area contributed by atoms with E-state index in [9.17, 15) is 17.6 Å². The summed E-state index contributed by atoms with van der Waals surface area (Å²) in [4.78, 5) is 16.6. The minimum absolute atomic E-state index is 0.0211. The highest BCUT2D eigenvalue weighted by Crippen LogP contribution is 2.21. The topological polar surface area (TPSA) is 57.7 Å². The number of hydrogen-bond acceptors (Lipinski definition) is 4. The third kappa shape index (κ3) is 5.62. The largest absolute Gasteiger partial charge is 0.333 e. The third-order valence-corrected chi connectivity index (χ3v) is 6.69. The molecule has 1 heterocycles. The number of likely N-dealkylation sites (N-methyl/N-ethyl adjacent to an activating group) is 1. The maximum atomic E-state index is 13.1. The molecule has 0 saturated carbocycles. The average Bonchev–Trinajstić information content (AvgIpc) is 3.02. The Morgan fingerprint density at radius 3 is 2.29 bits per heavy atom. The van der Waals surface area contributed by atoms with Gasteiger partial charge in [-0.3, -0.25) is 9.69 Å². The average molecular weight is 405 g/mol. The van der Waals surface area contributed by atoms with Crippen LogP contribution in [0.3, 0.4) is 0 Å². The van der Waals surface area contributed by atoms with Crippen LogP contribution in [0.15, 0.2) is 54.6 Å². The van der Waals surface area contributed by atoms with Gasteiger partial charge >= 0.3 is 0 Å². The first-order valence-electron chi connectivity index (χ1n) is 9.29. The first-order valence-corrected chi connectivity index (χ1v) is 11.1. The van der Waals surface area contributed by atoms with Crippen LogP contribution in [0.2, 0.25) is 0 Å². The molecule has 0 bridgehead atoms. The first kappa shape index (κ1) is 20.5. The van der Waals surface area contributed by atoms with Crippen molar-refractivity contribution in [2.24, 2.45) is 0 Å². The van der Waals surface area contributed by atoms with E-state index in [0.29, 0.717) is 19.5 Å². The van der Waals surface area contributed by atoms with Gasteiger partial charge in [-0.15, -0.1) is 0 Å². The first-order chi connectivity index (χ1) is 13.3. The van der Waals surface area contributed by atoms with Crippen LogP contribution in [0.4, 0.5) is 4.39 Å². The number of nitrogens with zero attached hydrogens (tertiary/aromatic N) is 2. The van der Waals surface area contributed by atoms with E-state index < -0.39 is 9.84 Å². The summed E-state index contributed by atoms with van der Waals surface area (Å²) < 4.78 is 36.9. The fraction of sp³-hybridized carbons (Fsp3) is 0.381. The molecule has 3 rings (SSSR count). The van der Waals surface area contributed by atoms with Crippen LogP contribution in [0, 0.1) is 5.82 Å². The summed E-state index contributed by atoms with van der Waals surface area (Å²) in [6.07, 6.45) is 0.475. The molecule has 7 heteroatoms. The van der Waals surface area contributed by atoms with E-state index in [0.717, 1.165) is 11.1 Å². The van der Waals surface area contributed by atoms with E-state index in [1.54, 1.807) is 17.0 Å². The van der Waals surface area contributed by atoms with Crippen molar-refractivity contribution >= 4 is 15.7 Å². The number of halogens is 1. The van der Waals surface area contributed by atoms with Gasteiger partial charge in [0.1, 0.15) is 5.82 Å². The molecular weight excluding hydrogens is 379 g/mol. The van der Waals surface area contributed by atoms with Gasteiger partial charge in [-0.1, -0.05) is 42.5 Å². The summed E-state index contributed by atoms with van der Waals surface area (Å²) in [6.45, 7) is 1.07. The minimum atomic E-state index is -3.09. The quantitative estimate of drug-likeness (QED) is 0.711. The van der Waals surface area contributed by atoms with Crippen molar-refractivity contribution in [3.8, 4) is 0 Å². The van der Waals surface area contributed by atoms with Gasteiger partial charge in [0.05, 0.1) is 18.1 Å². The van der Waals surface area contributed by atoms with E-state index in [1.807, 2.05) is 42.3 Å². The lowest BCUT2D eigenvalue weighted by atomic mass is 10.1. The third-order valence-electron chi connectivity index (χ3n) is 4.94. The Balaban J connectivity index is 1.69. The van der Waals surface area contributed by atoms with Crippen molar-refractivity contribution < 1.29 is 17.6 Å². The minimum Gasteiger partial charge on any atom is -0.333 e. The molecule has 5 nitrogen and oxygen atoms in total. The van der Waals surface area contributed by atoms with Crippen LogP contribution in [0.5, 0.6) is 0 Å². The Morgan fingerprint density at radius 1 is 1.04 bits per heavy atom. The SMILES string of the molecule is CN(CC(=O)N(Cc1ccccc1)[C@H]1CCS(=O)(=O)C1)Cc1ccc(F)cc1.